The molecule has 0 radical (unpaired) electrons. The van der Waals surface area contributed by atoms with E-state index in [9.17, 15) is 0 Å². The zero-order valence-corrected chi connectivity index (χ0v) is 35.2. The molecule has 0 N–H and O–H groups in total. The van der Waals surface area contributed by atoms with Crippen molar-refractivity contribution in [1.82, 2.24) is 19.3 Å². The number of benzene rings is 4. The Morgan fingerprint density at radius 3 is 2.28 bits per heavy atom. The molecule has 7 aromatic rings. The van der Waals surface area contributed by atoms with Crippen molar-refractivity contribution in [2.45, 2.75) is 98.8 Å². The summed E-state index contributed by atoms with van der Waals surface area (Å²) in [7, 11) is 0. The molecule has 54 heavy (non-hydrogen) atoms. The van der Waals surface area contributed by atoms with Gasteiger partial charge in [0.2, 0.25) is 0 Å². The Kier molecular flexibility index (Phi) is 12.0. The van der Waals surface area contributed by atoms with E-state index in [2.05, 4.69) is 139 Å². The molecular weight excluding hydrogens is 844 g/mol. The number of nitrogens with zero attached hydrogens (tertiary/aromatic N) is 4. The van der Waals surface area contributed by atoms with Crippen LogP contribution in [0, 0.1) is 18.1 Å². The molecule has 280 valence electrons. The van der Waals surface area contributed by atoms with E-state index in [0.29, 0.717) is 17.4 Å². The van der Waals surface area contributed by atoms with Crippen LogP contribution in [-0.4, -0.2) is 19.3 Å². The Morgan fingerprint density at radius 2 is 1.56 bits per heavy atom. The Labute approximate surface area is 336 Å². The van der Waals surface area contributed by atoms with Crippen molar-refractivity contribution < 1.29 is 25.8 Å². The minimum absolute atomic E-state index is 0. The predicted molar refractivity (Wildman–Crippen MR) is 220 cm³/mol. The molecule has 1 unspecified atom stereocenters. The van der Waals surface area contributed by atoms with Gasteiger partial charge in [0.05, 0.1) is 5.69 Å². The summed E-state index contributed by atoms with van der Waals surface area (Å²) in [5.74, 6) is 3.33. The van der Waals surface area contributed by atoms with Gasteiger partial charge in [-0.3, -0.25) is 4.68 Å². The van der Waals surface area contributed by atoms with Crippen LogP contribution in [0.1, 0.15) is 103 Å². The third kappa shape index (κ3) is 7.98. The van der Waals surface area contributed by atoms with Gasteiger partial charge in [0.25, 0.3) is 0 Å². The maximum atomic E-state index is 6.57. The van der Waals surface area contributed by atoms with Crippen molar-refractivity contribution in [3.05, 3.63) is 132 Å². The molecule has 0 saturated carbocycles. The van der Waals surface area contributed by atoms with E-state index in [-0.39, 0.29) is 26.5 Å². The van der Waals surface area contributed by atoms with Crippen molar-refractivity contribution in [2.75, 3.05) is 0 Å². The van der Waals surface area contributed by atoms with E-state index in [1.54, 1.807) is 0 Å². The summed E-state index contributed by atoms with van der Waals surface area (Å²) in [6.45, 7) is 18.0. The van der Waals surface area contributed by atoms with Gasteiger partial charge < -0.3 is 9.30 Å². The van der Waals surface area contributed by atoms with Crippen LogP contribution in [0.15, 0.2) is 97.2 Å². The molecule has 0 aliphatic heterocycles. The fourth-order valence-electron chi connectivity index (χ4n) is 7.50. The quantitative estimate of drug-likeness (QED) is 0.115. The first-order valence-electron chi connectivity index (χ1n) is 19.4. The Bertz CT molecular complexity index is 2360. The van der Waals surface area contributed by atoms with E-state index in [1.165, 1.54) is 46.9 Å². The van der Waals surface area contributed by atoms with E-state index in [4.69, 9.17) is 14.8 Å². The Hall–Kier alpha value is -4.47. The molecule has 0 fully saturated rings. The maximum Gasteiger partial charge on any atom is 2.00 e. The van der Waals surface area contributed by atoms with Gasteiger partial charge in [-0.15, -0.1) is 35.7 Å². The molecule has 7 rings (SSSR count). The number of aryl methyl sites for hydroxylation is 1. The molecule has 0 aliphatic carbocycles. The van der Waals surface area contributed by atoms with Crippen LogP contribution in [0.25, 0.3) is 44.4 Å². The summed E-state index contributed by atoms with van der Waals surface area (Å²) < 4.78 is 10.9. The topological polar surface area (TPSA) is 44.9 Å². The standard InChI is InChI=1S/C48H52N4O.Pt/c1-9-42-47(34-18-12-11-13-19-34)43(10-2)52(50-42)37-20-15-21-38(30-37)53-39-23-24-40-41-28-35(33(5)17-14-16-32(3)4)22-25-44(41)51(45(40)31-39)46-29-36(26-27-49-46)48(6,7)8;/h11-13,15,18-29,32-33H,9-10,14,16-17H2,1-8H3;/q-2;+2. The molecule has 6 heteroatoms. The third-order valence-corrected chi connectivity index (χ3v) is 10.5. The second-order valence-corrected chi connectivity index (χ2v) is 15.8. The average Bonchev–Trinajstić information content (AvgIpc) is 3.70. The number of aromatic nitrogens is 4. The molecule has 0 aliphatic rings. The van der Waals surface area contributed by atoms with Gasteiger partial charge >= 0.3 is 21.1 Å². The minimum Gasteiger partial charge on any atom is -0.509 e. The number of fused-ring (bicyclic) bond motifs is 3. The zero-order chi connectivity index (χ0) is 37.3. The molecule has 0 bridgehead atoms. The van der Waals surface area contributed by atoms with Crippen LogP contribution in [0.2, 0.25) is 0 Å². The maximum absolute atomic E-state index is 6.57. The van der Waals surface area contributed by atoms with Gasteiger partial charge in [-0.05, 0) is 82.5 Å². The van der Waals surface area contributed by atoms with Crippen LogP contribution >= 0.6 is 0 Å². The second kappa shape index (κ2) is 16.5. The largest absolute Gasteiger partial charge is 2.00 e. The normalized spacial score (nSPS) is 12.4. The molecule has 0 saturated heterocycles. The van der Waals surface area contributed by atoms with Gasteiger partial charge in [0, 0.05) is 34.5 Å². The summed E-state index contributed by atoms with van der Waals surface area (Å²) in [6, 6.07) is 39.3. The monoisotopic (exact) mass is 895 g/mol. The second-order valence-electron chi connectivity index (χ2n) is 15.8. The first kappa shape index (κ1) is 39.2. The number of rotatable bonds is 12. The van der Waals surface area contributed by atoms with E-state index in [1.807, 2.05) is 35.1 Å². The molecule has 3 aromatic heterocycles. The van der Waals surface area contributed by atoms with Crippen molar-refractivity contribution in [3.63, 3.8) is 0 Å². The van der Waals surface area contributed by atoms with Gasteiger partial charge in [-0.25, -0.2) is 4.98 Å². The van der Waals surface area contributed by atoms with Crippen LogP contribution in [0.4, 0.5) is 0 Å². The fraction of sp³-hybridized carbons (Fsp3) is 0.333. The van der Waals surface area contributed by atoms with Crippen molar-refractivity contribution in [3.8, 4) is 34.1 Å². The molecular formula is C48H52N4OPt. The van der Waals surface area contributed by atoms with Gasteiger partial charge in [-0.1, -0.05) is 116 Å². The van der Waals surface area contributed by atoms with Gasteiger partial charge in [0.15, 0.2) is 0 Å². The SMILES string of the molecule is CCc1nn(-c2[c-]c(Oc3[c-]c4c(cc3)c3cc(C(C)CCCC(C)C)ccc3n4-c3cc(C(C)(C)C)ccn3)ccc2)c(CC)c1-c1ccccc1.[Pt+2]. The summed E-state index contributed by atoms with van der Waals surface area (Å²) >= 11 is 0. The van der Waals surface area contributed by atoms with E-state index < -0.39 is 0 Å². The molecule has 0 spiro atoms. The van der Waals surface area contributed by atoms with E-state index in [0.717, 1.165) is 58.1 Å². The van der Waals surface area contributed by atoms with E-state index >= 15 is 0 Å². The van der Waals surface area contributed by atoms with Crippen LogP contribution in [-0.2, 0) is 39.3 Å². The summed E-state index contributed by atoms with van der Waals surface area (Å²) in [5, 5.41) is 7.42. The van der Waals surface area contributed by atoms with Crippen LogP contribution < -0.4 is 4.74 Å². The summed E-state index contributed by atoms with van der Waals surface area (Å²) in [4.78, 5) is 4.91. The Balaban J connectivity index is 0.00000497. The van der Waals surface area contributed by atoms with Crippen LogP contribution in [0.3, 0.4) is 0 Å². The average molecular weight is 896 g/mol. The van der Waals surface area contributed by atoms with Crippen molar-refractivity contribution in [2.24, 2.45) is 5.92 Å². The molecule has 1 atom stereocenters. The van der Waals surface area contributed by atoms with Crippen molar-refractivity contribution in [1.29, 1.82) is 0 Å². The first-order chi connectivity index (χ1) is 25.5. The number of hydrogen-bond donors (Lipinski definition) is 0. The number of hydrogen-bond acceptors (Lipinski definition) is 3. The third-order valence-electron chi connectivity index (χ3n) is 10.5. The number of pyridine rings is 1. The molecule has 4 aromatic carbocycles. The smallest absolute Gasteiger partial charge is 0.509 e. The molecule has 0 amide bonds. The van der Waals surface area contributed by atoms with Crippen LogP contribution in [0.5, 0.6) is 11.5 Å². The number of ether oxygens (including phenoxy) is 1. The minimum atomic E-state index is -0.0140. The van der Waals surface area contributed by atoms with Crippen molar-refractivity contribution >= 4 is 21.8 Å². The first-order valence-corrected chi connectivity index (χ1v) is 19.4. The predicted octanol–water partition coefficient (Wildman–Crippen LogP) is 12.8. The summed E-state index contributed by atoms with van der Waals surface area (Å²) in [6.07, 6.45) is 7.29. The molecule has 3 heterocycles. The zero-order valence-electron chi connectivity index (χ0n) is 32.9. The fourth-order valence-corrected chi connectivity index (χ4v) is 7.50. The Morgan fingerprint density at radius 1 is 0.778 bits per heavy atom. The van der Waals surface area contributed by atoms with Gasteiger partial charge in [-0.2, -0.15) is 17.2 Å². The van der Waals surface area contributed by atoms with Gasteiger partial charge in [0.1, 0.15) is 5.82 Å². The molecule has 5 nitrogen and oxygen atoms in total. The summed E-state index contributed by atoms with van der Waals surface area (Å²) in [5.41, 5.74) is 10.1.